The van der Waals surface area contributed by atoms with Gasteiger partial charge in [0.2, 0.25) is 0 Å². The molecule has 1 aromatic rings. The van der Waals surface area contributed by atoms with Gasteiger partial charge in [0.1, 0.15) is 0 Å². The standard InChI is InChI=1S/C9H10N2O4/c1-2-15-7(12)4-3-6-5-10-9(14)11-8(6)13/h3-5H,2H2,1H3,(H2,10,11,13,14)/b4-3+. The maximum Gasteiger partial charge on any atom is 0.330 e. The Morgan fingerprint density at radius 1 is 1.53 bits per heavy atom. The highest BCUT2D eigenvalue weighted by Crippen LogP contribution is 1.90. The lowest BCUT2D eigenvalue weighted by molar-refractivity contribution is -0.137. The minimum Gasteiger partial charge on any atom is -0.463 e. The third kappa shape index (κ3) is 3.26. The van der Waals surface area contributed by atoms with Crippen molar-refractivity contribution in [2.45, 2.75) is 6.92 Å². The van der Waals surface area contributed by atoms with Crippen LogP contribution in [0.2, 0.25) is 0 Å². The second kappa shape index (κ2) is 4.94. The van der Waals surface area contributed by atoms with Crippen LogP contribution in [0.3, 0.4) is 0 Å². The van der Waals surface area contributed by atoms with E-state index in [1.807, 2.05) is 4.98 Å². The van der Waals surface area contributed by atoms with E-state index in [0.717, 1.165) is 6.08 Å². The molecule has 6 heteroatoms. The van der Waals surface area contributed by atoms with Crippen LogP contribution in [-0.4, -0.2) is 22.5 Å². The quantitative estimate of drug-likeness (QED) is 0.526. The SMILES string of the molecule is CCOC(=O)/C=C/c1c[nH]c(=O)[nH]c1=O. The zero-order valence-corrected chi connectivity index (χ0v) is 8.07. The third-order valence-corrected chi connectivity index (χ3v) is 1.53. The molecule has 0 aromatic carbocycles. The Morgan fingerprint density at radius 2 is 2.27 bits per heavy atom. The van der Waals surface area contributed by atoms with Crippen molar-refractivity contribution >= 4 is 12.0 Å². The maximum atomic E-state index is 11.1. The van der Waals surface area contributed by atoms with Crippen molar-refractivity contribution in [2.75, 3.05) is 6.61 Å². The molecular weight excluding hydrogens is 200 g/mol. The fraction of sp³-hybridized carbons (Fsp3) is 0.222. The molecule has 0 unspecified atom stereocenters. The molecule has 0 aliphatic heterocycles. The van der Waals surface area contributed by atoms with Crippen molar-refractivity contribution in [3.05, 3.63) is 38.7 Å². The molecule has 0 spiro atoms. The van der Waals surface area contributed by atoms with Gasteiger partial charge in [0.05, 0.1) is 12.2 Å². The van der Waals surface area contributed by atoms with E-state index in [4.69, 9.17) is 0 Å². The number of aromatic amines is 2. The summed E-state index contributed by atoms with van der Waals surface area (Å²) in [5, 5.41) is 0. The molecule has 0 aliphatic rings. The summed E-state index contributed by atoms with van der Waals surface area (Å²) >= 11 is 0. The minimum absolute atomic E-state index is 0.183. The average molecular weight is 210 g/mol. The molecule has 1 rings (SSSR count). The van der Waals surface area contributed by atoms with Crippen LogP contribution in [0, 0.1) is 0 Å². The number of carbonyl (C=O) groups excluding carboxylic acids is 1. The molecule has 0 saturated carbocycles. The second-order valence-electron chi connectivity index (χ2n) is 2.61. The van der Waals surface area contributed by atoms with Crippen molar-refractivity contribution in [1.29, 1.82) is 0 Å². The molecule has 0 radical (unpaired) electrons. The fourth-order valence-electron chi connectivity index (χ4n) is 0.892. The van der Waals surface area contributed by atoms with Gasteiger partial charge in [0, 0.05) is 12.3 Å². The average Bonchev–Trinajstić information content (AvgIpc) is 2.17. The van der Waals surface area contributed by atoms with Gasteiger partial charge < -0.3 is 9.72 Å². The van der Waals surface area contributed by atoms with Gasteiger partial charge in [-0.05, 0) is 13.0 Å². The Labute approximate surface area is 84.6 Å². The zero-order valence-electron chi connectivity index (χ0n) is 8.07. The van der Waals surface area contributed by atoms with Crippen LogP contribution in [0.1, 0.15) is 12.5 Å². The Bertz CT molecular complexity index is 483. The highest BCUT2D eigenvalue weighted by atomic mass is 16.5. The van der Waals surface area contributed by atoms with E-state index in [1.54, 1.807) is 6.92 Å². The lowest BCUT2D eigenvalue weighted by Crippen LogP contribution is -2.22. The number of ether oxygens (including phenoxy) is 1. The summed E-state index contributed by atoms with van der Waals surface area (Å²) in [6, 6.07) is 0. The number of nitrogens with one attached hydrogen (secondary N) is 2. The number of rotatable bonds is 3. The van der Waals surface area contributed by atoms with Gasteiger partial charge in [0.25, 0.3) is 5.56 Å². The largest absolute Gasteiger partial charge is 0.463 e. The number of aromatic nitrogens is 2. The summed E-state index contributed by atoms with van der Waals surface area (Å²) in [5.41, 5.74) is -0.963. The molecule has 15 heavy (non-hydrogen) atoms. The summed E-state index contributed by atoms with van der Waals surface area (Å²) in [5.74, 6) is -0.539. The minimum atomic E-state index is -0.590. The lowest BCUT2D eigenvalue weighted by atomic mass is 10.3. The van der Waals surface area contributed by atoms with Crippen LogP contribution in [-0.2, 0) is 9.53 Å². The number of esters is 1. The topological polar surface area (TPSA) is 92.0 Å². The summed E-state index contributed by atoms with van der Waals surface area (Å²) in [6.07, 6.45) is 3.61. The van der Waals surface area contributed by atoms with E-state index in [0.29, 0.717) is 0 Å². The normalized spacial score (nSPS) is 10.5. The van der Waals surface area contributed by atoms with Gasteiger partial charge in [-0.2, -0.15) is 0 Å². The van der Waals surface area contributed by atoms with Crippen molar-refractivity contribution < 1.29 is 9.53 Å². The molecular formula is C9H10N2O4. The molecule has 0 aliphatic carbocycles. The molecule has 0 saturated heterocycles. The number of H-pyrrole nitrogens is 2. The monoisotopic (exact) mass is 210 g/mol. The van der Waals surface area contributed by atoms with E-state index in [-0.39, 0.29) is 12.2 Å². The Hall–Kier alpha value is -2.11. The van der Waals surface area contributed by atoms with E-state index < -0.39 is 17.2 Å². The molecule has 0 atom stereocenters. The predicted octanol–water partition coefficient (Wildman–Crippen LogP) is -0.360. The molecule has 1 aromatic heterocycles. The molecule has 0 amide bonds. The van der Waals surface area contributed by atoms with Crippen LogP contribution < -0.4 is 11.2 Å². The predicted molar refractivity (Wildman–Crippen MR) is 53.4 cm³/mol. The summed E-state index contributed by atoms with van der Waals surface area (Å²) < 4.78 is 4.62. The highest BCUT2D eigenvalue weighted by Gasteiger charge is 1.97. The van der Waals surface area contributed by atoms with Crippen LogP contribution in [0.25, 0.3) is 6.08 Å². The maximum absolute atomic E-state index is 11.1. The van der Waals surface area contributed by atoms with Crippen molar-refractivity contribution in [1.82, 2.24) is 9.97 Å². The van der Waals surface area contributed by atoms with Gasteiger partial charge in [-0.25, -0.2) is 9.59 Å². The highest BCUT2D eigenvalue weighted by molar-refractivity contribution is 5.86. The van der Waals surface area contributed by atoms with E-state index in [9.17, 15) is 14.4 Å². The second-order valence-corrected chi connectivity index (χ2v) is 2.61. The number of carbonyl (C=O) groups is 1. The summed E-state index contributed by atoms with van der Waals surface area (Å²) in [6.45, 7) is 1.95. The first-order valence-electron chi connectivity index (χ1n) is 4.30. The summed E-state index contributed by atoms with van der Waals surface area (Å²) in [7, 11) is 0. The molecule has 0 bridgehead atoms. The van der Waals surface area contributed by atoms with E-state index in [2.05, 4.69) is 9.72 Å². The molecule has 2 N–H and O–H groups in total. The fourth-order valence-corrected chi connectivity index (χ4v) is 0.892. The third-order valence-electron chi connectivity index (χ3n) is 1.53. The number of hydrogen-bond donors (Lipinski definition) is 2. The Kier molecular flexibility index (Phi) is 3.61. The van der Waals surface area contributed by atoms with Crippen molar-refractivity contribution in [3.63, 3.8) is 0 Å². The zero-order chi connectivity index (χ0) is 11.3. The van der Waals surface area contributed by atoms with Gasteiger partial charge in [-0.1, -0.05) is 0 Å². The van der Waals surface area contributed by atoms with E-state index >= 15 is 0 Å². The van der Waals surface area contributed by atoms with Gasteiger partial charge in [-0.3, -0.25) is 9.78 Å². The number of hydrogen-bond acceptors (Lipinski definition) is 4. The lowest BCUT2D eigenvalue weighted by Gasteiger charge is -1.94. The van der Waals surface area contributed by atoms with Crippen molar-refractivity contribution in [2.24, 2.45) is 0 Å². The molecule has 6 nitrogen and oxygen atoms in total. The molecule has 80 valence electrons. The first-order chi connectivity index (χ1) is 7.13. The molecule has 0 fully saturated rings. The van der Waals surface area contributed by atoms with Gasteiger partial charge in [0.15, 0.2) is 0 Å². The summed E-state index contributed by atoms with van der Waals surface area (Å²) in [4.78, 5) is 37.0. The molecule has 1 heterocycles. The van der Waals surface area contributed by atoms with Gasteiger partial charge >= 0.3 is 11.7 Å². The van der Waals surface area contributed by atoms with Crippen LogP contribution in [0.15, 0.2) is 21.9 Å². The van der Waals surface area contributed by atoms with Crippen LogP contribution in [0.5, 0.6) is 0 Å². The van der Waals surface area contributed by atoms with Crippen LogP contribution >= 0.6 is 0 Å². The first-order valence-corrected chi connectivity index (χ1v) is 4.30. The van der Waals surface area contributed by atoms with Gasteiger partial charge in [-0.15, -0.1) is 0 Å². The van der Waals surface area contributed by atoms with Crippen LogP contribution in [0.4, 0.5) is 0 Å². The Balaban J connectivity index is 2.86. The smallest absolute Gasteiger partial charge is 0.330 e. The van der Waals surface area contributed by atoms with E-state index in [1.165, 1.54) is 12.3 Å². The van der Waals surface area contributed by atoms with Crippen molar-refractivity contribution in [3.8, 4) is 0 Å². The first kappa shape index (κ1) is 11.0. The Morgan fingerprint density at radius 3 is 2.87 bits per heavy atom.